The van der Waals surface area contributed by atoms with E-state index in [1.165, 1.54) is 0 Å². The number of amides is 4. The molecule has 0 spiro atoms. The van der Waals surface area contributed by atoms with Crippen LogP contribution in [0.25, 0.3) is 0 Å². The molecule has 4 amide bonds. The lowest BCUT2D eigenvalue weighted by molar-refractivity contribution is -0.136. The molecule has 2 heterocycles. The topological polar surface area (TPSA) is 122 Å². The second kappa shape index (κ2) is 7.12. The molecule has 1 aromatic rings. The first-order chi connectivity index (χ1) is 12.0. The van der Waals surface area contributed by atoms with Crippen LogP contribution in [0.3, 0.4) is 0 Å². The van der Waals surface area contributed by atoms with Crippen LogP contribution in [0.4, 0.5) is 0 Å². The number of hydrogen-bond donors (Lipinski definition) is 3. The van der Waals surface area contributed by atoms with Gasteiger partial charge in [0.1, 0.15) is 6.04 Å². The summed E-state index contributed by atoms with van der Waals surface area (Å²) in [6.45, 7) is 1.71. The van der Waals surface area contributed by atoms with Crippen molar-refractivity contribution < 1.29 is 19.2 Å². The highest BCUT2D eigenvalue weighted by atomic mass is 16.2. The van der Waals surface area contributed by atoms with Gasteiger partial charge in [-0.2, -0.15) is 0 Å². The van der Waals surface area contributed by atoms with Gasteiger partial charge in [0.2, 0.25) is 11.8 Å². The van der Waals surface area contributed by atoms with E-state index in [-0.39, 0.29) is 18.7 Å². The second-order valence-electron chi connectivity index (χ2n) is 6.11. The summed E-state index contributed by atoms with van der Waals surface area (Å²) in [7, 11) is 0. The highest BCUT2D eigenvalue weighted by Crippen LogP contribution is 2.29. The van der Waals surface area contributed by atoms with Gasteiger partial charge >= 0.3 is 0 Å². The van der Waals surface area contributed by atoms with E-state index >= 15 is 0 Å². The molecular formula is C17H20N4O4. The van der Waals surface area contributed by atoms with E-state index in [9.17, 15) is 19.2 Å². The molecule has 1 fully saturated rings. The number of imide groups is 2. The van der Waals surface area contributed by atoms with Gasteiger partial charge in [-0.15, -0.1) is 0 Å². The van der Waals surface area contributed by atoms with Gasteiger partial charge in [0.15, 0.2) is 0 Å². The quantitative estimate of drug-likeness (QED) is 0.474. The monoisotopic (exact) mass is 344 g/mol. The molecule has 25 heavy (non-hydrogen) atoms. The van der Waals surface area contributed by atoms with Crippen molar-refractivity contribution >= 4 is 23.6 Å². The first-order valence-electron chi connectivity index (χ1n) is 8.29. The fourth-order valence-electron chi connectivity index (χ4n) is 3.18. The van der Waals surface area contributed by atoms with Gasteiger partial charge in [0.05, 0.1) is 11.1 Å². The number of nitrogens with two attached hydrogens (primary N) is 1. The van der Waals surface area contributed by atoms with Gasteiger partial charge < -0.3 is 11.1 Å². The van der Waals surface area contributed by atoms with Crippen LogP contribution in [-0.2, 0) is 16.1 Å². The lowest BCUT2D eigenvalue weighted by atomic mass is 10.0. The predicted octanol–water partition coefficient (Wildman–Crippen LogP) is -0.474. The number of hydrogen-bond acceptors (Lipinski definition) is 6. The second-order valence-corrected chi connectivity index (χ2v) is 6.11. The Morgan fingerprint density at radius 3 is 2.72 bits per heavy atom. The molecule has 0 bridgehead atoms. The van der Waals surface area contributed by atoms with Crippen LogP contribution in [0.2, 0.25) is 0 Å². The highest BCUT2D eigenvalue weighted by molar-refractivity contribution is 6.24. The molecule has 2 aliphatic rings. The minimum atomic E-state index is -0.942. The number of nitrogens with zero attached hydrogens (tertiary/aromatic N) is 1. The van der Waals surface area contributed by atoms with E-state index in [1.54, 1.807) is 18.2 Å². The zero-order chi connectivity index (χ0) is 18.0. The molecule has 1 unspecified atom stereocenters. The van der Waals surface area contributed by atoms with Crippen molar-refractivity contribution in [2.75, 3.05) is 13.1 Å². The maximum Gasteiger partial charge on any atom is 0.262 e. The van der Waals surface area contributed by atoms with E-state index < -0.39 is 23.8 Å². The van der Waals surface area contributed by atoms with Crippen molar-refractivity contribution in [2.45, 2.75) is 31.8 Å². The predicted molar refractivity (Wildman–Crippen MR) is 88.5 cm³/mol. The van der Waals surface area contributed by atoms with Crippen molar-refractivity contribution in [3.8, 4) is 0 Å². The van der Waals surface area contributed by atoms with Gasteiger partial charge in [0.25, 0.3) is 11.8 Å². The summed E-state index contributed by atoms with van der Waals surface area (Å²) >= 11 is 0. The number of carbonyl (C=O) groups excluding carboxylic acids is 4. The van der Waals surface area contributed by atoms with Crippen LogP contribution in [-0.4, -0.2) is 47.7 Å². The maximum absolute atomic E-state index is 12.8. The lowest BCUT2D eigenvalue weighted by Crippen LogP contribution is -2.54. The first kappa shape index (κ1) is 17.2. The third kappa shape index (κ3) is 3.18. The summed E-state index contributed by atoms with van der Waals surface area (Å²) in [5, 5.41) is 5.38. The maximum atomic E-state index is 12.8. The Morgan fingerprint density at radius 2 is 2.00 bits per heavy atom. The lowest BCUT2D eigenvalue weighted by Gasteiger charge is -2.27. The minimum Gasteiger partial charge on any atom is -0.330 e. The summed E-state index contributed by atoms with van der Waals surface area (Å²) < 4.78 is 0. The van der Waals surface area contributed by atoms with Crippen LogP contribution >= 0.6 is 0 Å². The molecule has 0 radical (unpaired) electrons. The minimum absolute atomic E-state index is 0.108. The number of benzene rings is 1. The van der Waals surface area contributed by atoms with Crippen LogP contribution in [0.1, 0.15) is 45.5 Å². The van der Waals surface area contributed by atoms with Gasteiger partial charge in [-0.3, -0.25) is 29.4 Å². The fourth-order valence-corrected chi connectivity index (χ4v) is 3.18. The summed E-state index contributed by atoms with van der Waals surface area (Å²) in [4.78, 5) is 49.8. The smallest absolute Gasteiger partial charge is 0.262 e. The SMILES string of the molecule is NCCCNCc1cccc2c1C(=O)N(C1CCC(=O)NC1=O)C2=O. The Labute approximate surface area is 144 Å². The molecule has 0 aliphatic carbocycles. The van der Waals surface area contributed by atoms with Crippen LogP contribution in [0, 0.1) is 0 Å². The summed E-state index contributed by atoms with van der Waals surface area (Å²) in [6.07, 6.45) is 1.07. The average Bonchev–Trinajstić information content (AvgIpc) is 2.84. The molecule has 3 rings (SSSR count). The number of rotatable bonds is 6. The third-order valence-corrected chi connectivity index (χ3v) is 4.43. The third-order valence-electron chi connectivity index (χ3n) is 4.43. The van der Waals surface area contributed by atoms with Crippen molar-refractivity contribution in [1.82, 2.24) is 15.5 Å². The van der Waals surface area contributed by atoms with E-state index in [1.807, 2.05) is 0 Å². The zero-order valence-electron chi connectivity index (χ0n) is 13.7. The molecule has 1 aromatic carbocycles. The van der Waals surface area contributed by atoms with Crippen LogP contribution in [0.15, 0.2) is 18.2 Å². The normalized spacial score (nSPS) is 20.0. The van der Waals surface area contributed by atoms with Gasteiger partial charge in [-0.25, -0.2) is 0 Å². The molecule has 8 heteroatoms. The van der Waals surface area contributed by atoms with E-state index in [4.69, 9.17) is 5.73 Å². The molecular weight excluding hydrogens is 324 g/mol. The Hall–Kier alpha value is -2.58. The number of piperidine rings is 1. The van der Waals surface area contributed by atoms with Crippen LogP contribution < -0.4 is 16.4 Å². The highest BCUT2D eigenvalue weighted by Gasteiger charge is 2.45. The summed E-state index contributed by atoms with van der Waals surface area (Å²) in [5.41, 5.74) is 6.80. The van der Waals surface area contributed by atoms with E-state index in [0.717, 1.165) is 11.3 Å². The average molecular weight is 344 g/mol. The van der Waals surface area contributed by atoms with Gasteiger partial charge in [-0.05, 0) is 37.6 Å². The van der Waals surface area contributed by atoms with Crippen molar-refractivity contribution in [3.05, 3.63) is 34.9 Å². The zero-order valence-corrected chi connectivity index (χ0v) is 13.7. The largest absolute Gasteiger partial charge is 0.330 e. The van der Waals surface area contributed by atoms with Crippen molar-refractivity contribution in [2.24, 2.45) is 5.73 Å². The van der Waals surface area contributed by atoms with Gasteiger partial charge in [-0.1, -0.05) is 12.1 Å². The molecule has 132 valence electrons. The summed E-state index contributed by atoms with van der Waals surface area (Å²) in [5.74, 6) is -1.96. The van der Waals surface area contributed by atoms with Crippen molar-refractivity contribution in [3.63, 3.8) is 0 Å². The number of nitrogens with one attached hydrogen (secondary N) is 2. The Kier molecular flexibility index (Phi) is 4.91. The first-order valence-corrected chi connectivity index (χ1v) is 8.29. The van der Waals surface area contributed by atoms with Gasteiger partial charge in [0, 0.05) is 13.0 Å². The van der Waals surface area contributed by atoms with Crippen LogP contribution in [0.5, 0.6) is 0 Å². The Morgan fingerprint density at radius 1 is 1.20 bits per heavy atom. The molecule has 0 aromatic heterocycles. The van der Waals surface area contributed by atoms with Crippen molar-refractivity contribution in [1.29, 1.82) is 0 Å². The molecule has 4 N–H and O–H groups in total. The Balaban J connectivity index is 1.84. The molecule has 8 nitrogen and oxygen atoms in total. The Bertz CT molecular complexity index is 746. The standard InChI is InChI=1S/C17H20N4O4/c18-7-2-8-19-9-10-3-1-4-11-14(10)17(25)21(16(11)24)12-5-6-13(22)20-15(12)23/h1,3-4,12,19H,2,5-9,18H2,(H,20,22,23). The van der Waals surface area contributed by atoms with E-state index in [2.05, 4.69) is 10.6 Å². The molecule has 2 aliphatic heterocycles. The number of fused-ring (bicyclic) bond motifs is 1. The molecule has 1 atom stereocenters. The van der Waals surface area contributed by atoms with E-state index in [0.29, 0.717) is 36.3 Å². The fraction of sp³-hybridized carbons (Fsp3) is 0.412. The molecule has 0 saturated carbocycles. The molecule has 1 saturated heterocycles. The number of carbonyl (C=O) groups is 4. The summed E-state index contributed by atoms with van der Waals surface area (Å²) in [6, 6.07) is 4.15.